The monoisotopic (exact) mass is 347 g/mol. The van der Waals surface area contributed by atoms with E-state index in [0.717, 1.165) is 0 Å². The summed E-state index contributed by atoms with van der Waals surface area (Å²) in [4.78, 5) is 13.1. The van der Waals surface area contributed by atoms with Crippen LogP contribution in [0.15, 0.2) is 0 Å². The number of ether oxygens (including phenoxy) is 1. The Bertz CT molecular complexity index is 433. The molecule has 1 heterocycles. The van der Waals surface area contributed by atoms with Crippen LogP contribution < -0.4 is 0 Å². The first kappa shape index (κ1) is 20.4. The number of aliphatic hydroxyl groups is 1. The molecule has 1 fully saturated rings. The first-order valence-corrected chi connectivity index (χ1v) is 11.1. The molecule has 6 nitrogen and oxygen atoms in total. The summed E-state index contributed by atoms with van der Waals surface area (Å²) in [6.45, 7) is 16.3. The number of carbonyl (C=O) groups is 1. The minimum atomic E-state index is -2.11. The Kier molecular flexibility index (Phi) is 5.95. The number of carboxylic acid groups (broad SMARTS) is 1. The zero-order valence-electron chi connectivity index (χ0n) is 15.7. The van der Waals surface area contributed by atoms with Crippen LogP contribution in [0.5, 0.6) is 0 Å². The molecule has 7 heteroatoms. The molecular formula is C16H33NO5Si. The summed E-state index contributed by atoms with van der Waals surface area (Å²) in [6.07, 6.45) is -1.41. The number of aliphatic hydroxyl groups excluding tert-OH is 1. The van der Waals surface area contributed by atoms with Gasteiger partial charge >= 0.3 is 6.09 Å². The van der Waals surface area contributed by atoms with E-state index in [-0.39, 0.29) is 24.2 Å². The van der Waals surface area contributed by atoms with E-state index in [2.05, 4.69) is 33.9 Å². The minimum Gasteiger partial charge on any atom is -0.465 e. The van der Waals surface area contributed by atoms with Gasteiger partial charge in [-0.3, -0.25) is 4.90 Å². The van der Waals surface area contributed by atoms with Gasteiger partial charge in [0.25, 0.3) is 0 Å². The van der Waals surface area contributed by atoms with Crippen molar-refractivity contribution in [1.82, 2.24) is 4.90 Å². The van der Waals surface area contributed by atoms with Crippen LogP contribution in [0.3, 0.4) is 0 Å². The third-order valence-corrected chi connectivity index (χ3v) is 9.66. The van der Waals surface area contributed by atoms with Gasteiger partial charge in [-0.25, -0.2) is 4.79 Å². The molecule has 1 rings (SSSR count). The smallest absolute Gasteiger partial charge is 0.409 e. The fourth-order valence-corrected chi connectivity index (χ4v) is 4.06. The van der Waals surface area contributed by atoms with Crippen LogP contribution >= 0.6 is 0 Å². The summed E-state index contributed by atoms with van der Waals surface area (Å²) in [5.74, 6) is -0.173. The third kappa shape index (κ3) is 4.26. The van der Waals surface area contributed by atoms with Crippen molar-refractivity contribution in [3.8, 4) is 0 Å². The molecule has 0 aromatic heterocycles. The van der Waals surface area contributed by atoms with Gasteiger partial charge in [0.05, 0.1) is 18.8 Å². The van der Waals surface area contributed by atoms with Crippen LogP contribution in [0.1, 0.15) is 41.5 Å². The largest absolute Gasteiger partial charge is 0.465 e. The van der Waals surface area contributed by atoms with Crippen molar-refractivity contribution >= 4 is 14.4 Å². The summed E-state index contributed by atoms with van der Waals surface area (Å²) in [5, 5.41) is 19.3. The summed E-state index contributed by atoms with van der Waals surface area (Å²) in [5.41, 5.74) is -0.888. The summed E-state index contributed by atoms with van der Waals surface area (Å²) in [7, 11) is -2.11. The Morgan fingerprint density at radius 2 is 1.96 bits per heavy atom. The maximum atomic E-state index is 11.7. The maximum absolute atomic E-state index is 11.7. The van der Waals surface area contributed by atoms with Crippen molar-refractivity contribution < 1.29 is 24.2 Å². The lowest BCUT2D eigenvalue weighted by Crippen LogP contribution is -2.57. The zero-order chi connectivity index (χ0) is 18.2. The molecule has 0 saturated carbocycles. The van der Waals surface area contributed by atoms with E-state index in [0.29, 0.717) is 0 Å². The normalized spacial score (nSPS) is 24.6. The van der Waals surface area contributed by atoms with Gasteiger partial charge in [-0.1, -0.05) is 27.7 Å². The lowest BCUT2D eigenvalue weighted by molar-refractivity contribution is -0.0494. The quantitative estimate of drug-likeness (QED) is 0.747. The number of hydrogen-bond donors (Lipinski definition) is 2. The number of hydrogen-bond acceptors (Lipinski definition) is 4. The van der Waals surface area contributed by atoms with E-state index in [4.69, 9.17) is 9.16 Å². The van der Waals surface area contributed by atoms with Crippen LogP contribution in [-0.2, 0) is 9.16 Å². The zero-order valence-corrected chi connectivity index (χ0v) is 16.7. The maximum Gasteiger partial charge on any atom is 0.409 e. The third-order valence-electron chi connectivity index (χ3n) is 5.19. The Morgan fingerprint density at radius 1 is 1.43 bits per heavy atom. The summed E-state index contributed by atoms with van der Waals surface area (Å²) in [6, 6.07) is -0.418. The van der Waals surface area contributed by atoms with Crippen LogP contribution in [0.2, 0.25) is 18.1 Å². The van der Waals surface area contributed by atoms with Crippen LogP contribution in [-0.4, -0.2) is 60.6 Å². The second-order valence-electron chi connectivity index (χ2n) is 8.48. The second-order valence-corrected chi connectivity index (χ2v) is 13.2. The van der Waals surface area contributed by atoms with Crippen molar-refractivity contribution in [3.05, 3.63) is 0 Å². The van der Waals surface area contributed by atoms with Crippen LogP contribution in [0, 0.1) is 5.92 Å². The average molecular weight is 348 g/mol. The molecule has 1 aliphatic rings. The van der Waals surface area contributed by atoms with E-state index in [9.17, 15) is 15.0 Å². The number of rotatable bonds is 5. The molecule has 0 spiro atoms. The Balaban J connectivity index is 3.15. The Labute approximate surface area is 140 Å². The molecule has 136 valence electrons. The van der Waals surface area contributed by atoms with E-state index in [1.807, 2.05) is 6.92 Å². The van der Waals surface area contributed by atoms with Gasteiger partial charge in [0.1, 0.15) is 5.72 Å². The standard InChI is InChI=1S/C16H33NO5Si/c1-11(9-18)13(22-23(7,8)15(2,3)4)12-10-21-16(5,6)17(12)14(19)20/h11-13,18H,9-10H2,1-8H3,(H,19,20)/t11?,12-,13?/m1/s1. The molecule has 0 radical (unpaired) electrons. The topological polar surface area (TPSA) is 79.2 Å². The van der Waals surface area contributed by atoms with Gasteiger partial charge in [-0.15, -0.1) is 0 Å². The highest BCUT2D eigenvalue weighted by molar-refractivity contribution is 6.74. The van der Waals surface area contributed by atoms with Crippen LogP contribution in [0.4, 0.5) is 4.79 Å². The number of amides is 1. The molecule has 1 aliphatic heterocycles. The first-order valence-electron chi connectivity index (χ1n) is 8.19. The molecule has 0 bridgehead atoms. The van der Waals surface area contributed by atoms with E-state index in [1.54, 1.807) is 13.8 Å². The second kappa shape index (κ2) is 6.70. The SMILES string of the molecule is CC(CO)C(O[Si](C)(C)C(C)(C)C)[C@H]1COC(C)(C)N1C(=O)O. The summed E-state index contributed by atoms with van der Waals surface area (Å²) < 4.78 is 12.2. The van der Waals surface area contributed by atoms with Gasteiger partial charge in [-0.2, -0.15) is 0 Å². The molecule has 1 amide bonds. The van der Waals surface area contributed by atoms with Crippen molar-refractivity contribution in [1.29, 1.82) is 0 Å². The molecule has 1 saturated heterocycles. The molecule has 2 unspecified atom stereocenters. The van der Waals surface area contributed by atoms with Crippen molar-refractivity contribution in [2.45, 2.75) is 77.5 Å². The lowest BCUT2D eigenvalue weighted by Gasteiger charge is -2.44. The van der Waals surface area contributed by atoms with Crippen molar-refractivity contribution in [2.24, 2.45) is 5.92 Å². The molecule has 2 N–H and O–H groups in total. The highest BCUT2D eigenvalue weighted by Gasteiger charge is 2.51. The van der Waals surface area contributed by atoms with Crippen molar-refractivity contribution in [2.75, 3.05) is 13.2 Å². The molecule has 0 aromatic rings. The predicted molar refractivity (Wildman–Crippen MR) is 92.0 cm³/mol. The van der Waals surface area contributed by atoms with Gasteiger partial charge in [0, 0.05) is 12.5 Å². The highest BCUT2D eigenvalue weighted by atomic mass is 28.4. The van der Waals surface area contributed by atoms with Gasteiger partial charge in [-0.05, 0) is 32.0 Å². The Hall–Kier alpha value is -0.633. The molecule has 3 atom stereocenters. The predicted octanol–water partition coefficient (Wildman–Crippen LogP) is 3.12. The minimum absolute atomic E-state index is 0.00343. The average Bonchev–Trinajstić information content (AvgIpc) is 2.69. The summed E-state index contributed by atoms with van der Waals surface area (Å²) >= 11 is 0. The van der Waals surface area contributed by atoms with E-state index >= 15 is 0 Å². The van der Waals surface area contributed by atoms with Crippen LogP contribution in [0.25, 0.3) is 0 Å². The number of nitrogens with zero attached hydrogens (tertiary/aromatic N) is 1. The Morgan fingerprint density at radius 3 is 2.35 bits per heavy atom. The van der Waals surface area contributed by atoms with Gasteiger partial charge in [0.2, 0.25) is 0 Å². The lowest BCUT2D eigenvalue weighted by atomic mass is 9.98. The highest BCUT2D eigenvalue weighted by Crippen LogP contribution is 2.40. The van der Waals surface area contributed by atoms with E-state index in [1.165, 1.54) is 4.90 Å². The molecule has 0 aliphatic carbocycles. The van der Waals surface area contributed by atoms with E-state index < -0.39 is 32.3 Å². The molecule has 0 aromatic carbocycles. The fraction of sp³-hybridized carbons (Fsp3) is 0.938. The fourth-order valence-electron chi connectivity index (χ4n) is 2.64. The first-order chi connectivity index (χ1) is 10.2. The molecule has 23 heavy (non-hydrogen) atoms. The van der Waals surface area contributed by atoms with Crippen molar-refractivity contribution in [3.63, 3.8) is 0 Å². The van der Waals surface area contributed by atoms with Gasteiger partial charge < -0.3 is 19.4 Å². The molecular weight excluding hydrogens is 314 g/mol. The van der Waals surface area contributed by atoms with Gasteiger partial charge in [0.15, 0.2) is 8.32 Å².